The first kappa shape index (κ1) is 15.5. The molecular formula is C8H17Cl2N3. The molecule has 0 atom stereocenters. The van der Waals surface area contributed by atoms with E-state index in [2.05, 4.69) is 22.9 Å². The van der Waals surface area contributed by atoms with Crippen LogP contribution < -0.4 is 0 Å². The molecule has 13 heavy (non-hydrogen) atoms. The van der Waals surface area contributed by atoms with Crippen LogP contribution in [0.15, 0.2) is 0 Å². The van der Waals surface area contributed by atoms with Gasteiger partial charge in [-0.05, 0) is 7.05 Å². The van der Waals surface area contributed by atoms with Crippen LogP contribution in [0.3, 0.4) is 0 Å². The maximum absolute atomic E-state index is 8.36. The summed E-state index contributed by atoms with van der Waals surface area (Å²) < 4.78 is 0. The van der Waals surface area contributed by atoms with Crippen LogP contribution in [0.5, 0.6) is 0 Å². The van der Waals surface area contributed by atoms with Crippen molar-refractivity contribution in [1.29, 1.82) is 5.26 Å². The van der Waals surface area contributed by atoms with E-state index in [4.69, 9.17) is 5.26 Å². The first-order valence-electron chi connectivity index (χ1n) is 4.11. The standard InChI is InChI=1S/C8H15N3.2ClH/c1-10-5-7-11(8-6-10)4-2-3-9;;/h2,4-8H2,1H3;2*1H. The highest BCUT2D eigenvalue weighted by atomic mass is 35.5. The highest BCUT2D eigenvalue weighted by molar-refractivity contribution is 5.85. The van der Waals surface area contributed by atoms with E-state index >= 15 is 0 Å². The van der Waals surface area contributed by atoms with Crippen LogP contribution in [0.25, 0.3) is 0 Å². The van der Waals surface area contributed by atoms with Gasteiger partial charge in [-0.1, -0.05) is 0 Å². The van der Waals surface area contributed by atoms with E-state index in [1.54, 1.807) is 0 Å². The number of nitriles is 1. The fourth-order valence-electron chi connectivity index (χ4n) is 1.28. The van der Waals surface area contributed by atoms with Gasteiger partial charge < -0.3 is 4.90 Å². The fraction of sp³-hybridized carbons (Fsp3) is 0.875. The molecule has 0 aliphatic carbocycles. The summed E-state index contributed by atoms with van der Waals surface area (Å²) in [5.41, 5.74) is 0. The third-order valence-corrected chi connectivity index (χ3v) is 2.14. The van der Waals surface area contributed by atoms with Crippen molar-refractivity contribution in [2.75, 3.05) is 39.8 Å². The minimum absolute atomic E-state index is 0. The summed E-state index contributed by atoms with van der Waals surface area (Å²) in [6.45, 7) is 5.48. The highest BCUT2D eigenvalue weighted by Crippen LogP contribution is 1.98. The van der Waals surface area contributed by atoms with E-state index in [1.165, 1.54) is 0 Å². The molecule has 0 bridgehead atoms. The summed E-state index contributed by atoms with van der Waals surface area (Å²) in [6, 6.07) is 2.17. The Kier molecular flexibility index (Phi) is 10.2. The van der Waals surface area contributed by atoms with Gasteiger partial charge in [0.15, 0.2) is 0 Å². The third-order valence-electron chi connectivity index (χ3n) is 2.14. The molecule has 0 radical (unpaired) electrons. The molecule has 0 amide bonds. The number of rotatable bonds is 2. The minimum atomic E-state index is 0. The van der Waals surface area contributed by atoms with Crippen molar-refractivity contribution in [2.45, 2.75) is 6.42 Å². The lowest BCUT2D eigenvalue weighted by molar-refractivity contribution is 0.156. The second kappa shape index (κ2) is 8.58. The second-order valence-corrected chi connectivity index (χ2v) is 3.05. The van der Waals surface area contributed by atoms with E-state index in [1.807, 2.05) is 0 Å². The Labute approximate surface area is 92.5 Å². The van der Waals surface area contributed by atoms with Crippen LogP contribution in [0.4, 0.5) is 0 Å². The maximum Gasteiger partial charge on any atom is 0.0635 e. The zero-order valence-electron chi connectivity index (χ0n) is 7.90. The molecule has 3 nitrogen and oxygen atoms in total. The molecule has 0 spiro atoms. The lowest BCUT2D eigenvalue weighted by Crippen LogP contribution is -2.44. The molecule has 1 aliphatic rings. The normalized spacial score (nSPS) is 18.2. The molecule has 78 valence electrons. The average Bonchev–Trinajstić information content (AvgIpc) is 2.04. The summed E-state index contributed by atoms with van der Waals surface area (Å²) in [7, 11) is 2.14. The van der Waals surface area contributed by atoms with Gasteiger partial charge in [0, 0.05) is 39.1 Å². The van der Waals surface area contributed by atoms with E-state index in [9.17, 15) is 0 Å². The minimum Gasteiger partial charge on any atom is -0.304 e. The van der Waals surface area contributed by atoms with Gasteiger partial charge in [-0.25, -0.2) is 0 Å². The summed E-state index contributed by atoms with van der Waals surface area (Å²) in [6.07, 6.45) is 0.670. The molecule has 1 saturated heterocycles. The van der Waals surface area contributed by atoms with E-state index in [-0.39, 0.29) is 24.8 Å². The van der Waals surface area contributed by atoms with Gasteiger partial charge in [0.25, 0.3) is 0 Å². The van der Waals surface area contributed by atoms with Crippen LogP contribution in [0.2, 0.25) is 0 Å². The molecule has 1 heterocycles. The Balaban J connectivity index is 0. The van der Waals surface area contributed by atoms with Crippen molar-refractivity contribution in [2.24, 2.45) is 0 Å². The van der Waals surface area contributed by atoms with Crippen molar-refractivity contribution in [3.63, 3.8) is 0 Å². The van der Waals surface area contributed by atoms with Crippen molar-refractivity contribution < 1.29 is 0 Å². The van der Waals surface area contributed by atoms with E-state index in [0.717, 1.165) is 32.7 Å². The number of nitrogens with zero attached hydrogens (tertiary/aromatic N) is 3. The Morgan fingerprint density at radius 3 is 2.15 bits per heavy atom. The summed E-state index contributed by atoms with van der Waals surface area (Å²) in [5, 5.41) is 8.36. The first-order chi connectivity index (χ1) is 5.33. The molecule has 0 aromatic rings. The van der Waals surface area contributed by atoms with Crippen LogP contribution in [0.1, 0.15) is 6.42 Å². The Morgan fingerprint density at radius 2 is 1.69 bits per heavy atom. The SMILES string of the molecule is CN1CCN(CCC#N)CC1.Cl.Cl. The van der Waals surface area contributed by atoms with Gasteiger partial charge in [-0.2, -0.15) is 5.26 Å². The lowest BCUT2D eigenvalue weighted by Gasteiger charge is -2.31. The van der Waals surface area contributed by atoms with Gasteiger partial charge in [-0.3, -0.25) is 4.90 Å². The van der Waals surface area contributed by atoms with Crippen molar-refractivity contribution >= 4 is 24.8 Å². The van der Waals surface area contributed by atoms with Gasteiger partial charge in [0.05, 0.1) is 6.07 Å². The quantitative estimate of drug-likeness (QED) is 0.703. The maximum atomic E-state index is 8.36. The monoisotopic (exact) mass is 225 g/mol. The predicted octanol–water partition coefficient (Wildman–Crippen LogP) is 0.991. The molecule has 0 N–H and O–H groups in total. The molecule has 0 saturated carbocycles. The molecule has 0 aromatic heterocycles. The Hall–Kier alpha value is -0.0100. The van der Waals surface area contributed by atoms with E-state index in [0.29, 0.717) is 6.42 Å². The Bertz CT molecular complexity index is 150. The van der Waals surface area contributed by atoms with Gasteiger partial charge in [0.1, 0.15) is 0 Å². The highest BCUT2D eigenvalue weighted by Gasteiger charge is 2.12. The van der Waals surface area contributed by atoms with Gasteiger partial charge >= 0.3 is 0 Å². The largest absolute Gasteiger partial charge is 0.304 e. The van der Waals surface area contributed by atoms with Crippen molar-refractivity contribution in [3.05, 3.63) is 0 Å². The predicted molar refractivity (Wildman–Crippen MR) is 58.7 cm³/mol. The van der Waals surface area contributed by atoms with Crippen LogP contribution >= 0.6 is 24.8 Å². The zero-order chi connectivity index (χ0) is 8.10. The number of likely N-dealkylation sites (N-methyl/N-ethyl adjacent to an activating group) is 1. The Morgan fingerprint density at radius 1 is 1.15 bits per heavy atom. The third kappa shape index (κ3) is 6.11. The van der Waals surface area contributed by atoms with Gasteiger partial charge in [0.2, 0.25) is 0 Å². The molecule has 1 aliphatic heterocycles. The summed E-state index contributed by atoms with van der Waals surface area (Å²) in [5.74, 6) is 0. The number of hydrogen-bond acceptors (Lipinski definition) is 3. The molecule has 1 rings (SSSR count). The molecular weight excluding hydrogens is 209 g/mol. The molecule has 1 fully saturated rings. The average molecular weight is 226 g/mol. The number of halogens is 2. The zero-order valence-corrected chi connectivity index (χ0v) is 9.53. The fourth-order valence-corrected chi connectivity index (χ4v) is 1.28. The van der Waals surface area contributed by atoms with E-state index < -0.39 is 0 Å². The number of piperazine rings is 1. The molecule has 5 heteroatoms. The summed E-state index contributed by atoms with van der Waals surface area (Å²) in [4.78, 5) is 4.67. The van der Waals surface area contributed by atoms with Gasteiger partial charge in [-0.15, -0.1) is 24.8 Å². The van der Waals surface area contributed by atoms with Crippen LogP contribution in [-0.2, 0) is 0 Å². The first-order valence-corrected chi connectivity index (χ1v) is 4.11. The second-order valence-electron chi connectivity index (χ2n) is 3.05. The van der Waals surface area contributed by atoms with Crippen molar-refractivity contribution in [1.82, 2.24) is 9.80 Å². The smallest absolute Gasteiger partial charge is 0.0635 e. The van der Waals surface area contributed by atoms with Crippen LogP contribution in [-0.4, -0.2) is 49.6 Å². The lowest BCUT2D eigenvalue weighted by atomic mass is 10.3. The van der Waals surface area contributed by atoms with Crippen LogP contribution in [0, 0.1) is 11.3 Å². The summed E-state index contributed by atoms with van der Waals surface area (Å²) >= 11 is 0. The number of hydrogen-bond donors (Lipinski definition) is 0. The molecule has 0 unspecified atom stereocenters. The topological polar surface area (TPSA) is 30.3 Å². The molecule has 0 aromatic carbocycles. The van der Waals surface area contributed by atoms with Crippen molar-refractivity contribution in [3.8, 4) is 6.07 Å².